The number of rotatable bonds is 0. The van der Waals surface area contributed by atoms with E-state index in [1.165, 1.54) is 0 Å². The molecule has 0 aromatic rings. The number of halogens is 3. The second-order valence-electron chi connectivity index (χ2n) is 3.34. The number of fused-ring (bicyclic) bond motifs is 1. The topological polar surface area (TPSA) is 0 Å². The average molecular weight is 136 g/mol. The molecule has 0 nitrogen and oxygen atoms in total. The Kier molecular flexibility index (Phi) is 0.629. The summed E-state index contributed by atoms with van der Waals surface area (Å²) in [6, 6.07) is 0. The molecular formula is C6H7F3. The first-order valence-corrected chi connectivity index (χ1v) is 3.03. The first-order valence-electron chi connectivity index (χ1n) is 3.03. The Balaban J connectivity index is 2.07. The fraction of sp³-hybridized carbons (Fsp3) is 1.00. The van der Waals surface area contributed by atoms with Crippen LogP contribution in [0, 0.1) is 17.3 Å². The Bertz CT molecular complexity index is 160. The maximum atomic E-state index is 11.8. The van der Waals surface area contributed by atoms with Crippen LogP contribution in [0.2, 0.25) is 0 Å². The van der Waals surface area contributed by atoms with E-state index in [1.54, 1.807) is 6.92 Å². The van der Waals surface area contributed by atoms with E-state index in [1.807, 2.05) is 0 Å². The maximum Gasteiger partial charge on any atom is 0.392 e. The second kappa shape index (κ2) is 1.02. The van der Waals surface area contributed by atoms with Gasteiger partial charge in [-0.25, -0.2) is 0 Å². The van der Waals surface area contributed by atoms with Crippen molar-refractivity contribution in [2.75, 3.05) is 0 Å². The van der Waals surface area contributed by atoms with Gasteiger partial charge in [-0.05, 0) is 17.8 Å². The summed E-state index contributed by atoms with van der Waals surface area (Å²) < 4.78 is 35.3. The van der Waals surface area contributed by atoms with Crippen molar-refractivity contribution in [2.45, 2.75) is 19.5 Å². The van der Waals surface area contributed by atoms with Crippen molar-refractivity contribution in [3.05, 3.63) is 0 Å². The van der Waals surface area contributed by atoms with Gasteiger partial charge in [0.25, 0.3) is 0 Å². The third kappa shape index (κ3) is 0.503. The van der Waals surface area contributed by atoms with Crippen LogP contribution in [0.3, 0.4) is 0 Å². The van der Waals surface area contributed by atoms with Gasteiger partial charge in [-0.15, -0.1) is 0 Å². The number of hydrogen-bond donors (Lipinski definition) is 0. The highest BCUT2D eigenvalue weighted by Gasteiger charge is 2.83. The minimum Gasteiger partial charge on any atom is -0.171 e. The summed E-state index contributed by atoms with van der Waals surface area (Å²) in [5.41, 5.74) is -0.307. The van der Waals surface area contributed by atoms with E-state index in [0.29, 0.717) is 0 Å². The zero-order valence-electron chi connectivity index (χ0n) is 5.00. The molecular weight excluding hydrogens is 129 g/mol. The van der Waals surface area contributed by atoms with Crippen LogP contribution in [0.4, 0.5) is 13.2 Å². The molecule has 3 unspecified atom stereocenters. The Morgan fingerprint density at radius 1 is 1.44 bits per heavy atom. The molecule has 0 saturated heterocycles. The van der Waals surface area contributed by atoms with Gasteiger partial charge in [-0.3, -0.25) is 0 Å². The molecule has 0 amide bonds. The van der Waals surface area contributed by atoms with Crippen molar-refractivity contribution in [1.29, 1.82) is 0 Å². The predicted octanol–water partition coefficient (Wildman–Crippen LogP) is 2.20. The van der Waals surface area contributed by atoms with Crippen LogP contribution >= 0.6 is 0 Å². The lowest BCUT2D eigenvalue weighted by molar-refractivity contribution is -0.164. The van der Waals surface area contributed by atoms with E-state index >= 15 is 0 Å². The summed E-state index contributed by atoms with van der Waals surface area (Å²) in [7, 11) is 0. The highest BCUT2D eigenvalue weighted by Crippen LogP contribution is 2.83. The van der Waals surface area contributed by atoms with E-state index in [4.69, 9.17) is 0 Å². The lowest BCUT2D eigenvalue weighted by Gasteiger charge is -2.10. The number of alkyl halides is 3. The summed E-state index contributed by atoms with van der Waals surface area (Å²) in [6.07, 6.45) is -3.10. The normalized spacial score (nSPS) is 54.7. The van der Waals surface area contributed by atoms with Crippen molar-refractivity contribution in [3.63, 3.8) is 0 Å². The Morgan fingerprint density at radius 2 is 1.89 bits per heavy atom. The predicted molar refractivity (Wildman–Crippen MR) is 25.8 cm³/mol. The molecule has 2 fully saturated rings. The number of hydrogen-bond acceptors (Lipinski definition) is 0. The summed E-state index contributed by atoms with van der Waals surface area (Å²) in [5.74, 6) is -0.942. The molecule has 0 aromatic carbocycles. The fourth-order valence-corrected chi connectivity index (χ4v) is 1.76. The van der Waals surface area contributed by atoms with Crippen molar-refractivity contribution >= 4 is 0 Å². The van der Waals surface area contributed by atoms with Gasteiger partial charge in [-0.1, -0.05) is 6.92 Å². The molecule has 52 valence electrons. The average Bonchev–Trinajstić information content (AvgIpc) is 2.17. The third-order valence-electron chi connectivity index (χ3n) is 2.70. The Hall–Kier alpha value is -0.210. The molecule has 0 aromatic heterocycles. The molecule has 0 N–H and O–H groups in total. The van der Waals surface area contributed by atoms with E-state index in [2.05, 4.69) is 0 Å². The maximum absolute atomic E-state index is 11.8. The van der Waals surface area contributed by atoms with Crippen molar-refractivity contribution < 1.29 is 13.2 Å². The van der Waals surface area contributed by atoms with Gasteiger partial charge < -0.3 is 0 Å². The lowest BCUT2D eigenvalue weighted by atomic mass is 10.1. The quantitative estimate of drug-likeness (QED) is 0.479. The lowest BCUT2D eigenvalue weighted by Crippen LogP contribution is -2.18. The zero-order chi connectivity index (χ0) is 6.86. The van der Waals surface area contributed by atoms with Gasteiger partial charge in [0, 0.05) is 0 Å². The summed E-state index contributed by atoms with van der Waals surface area (Å²) in [4.78, 5) is 0. The molecule has 3 atom stereocenters. The van der Waals surface area contributed by atoms with Gasteiger partial charge in [0.15, 0.2) is 0 Å². The summed E-state index contributed by atoms with van der Waals surface area (Å²) >= 11 is 0. The molecule has 0 aliphatic heterocycles. The highest BCUT2D eigenvalue weighted by atomic mass is 19.4. The van der Waals surface area contributed by atoms with Crippen LogP contribution < -0.4 is 0 Å². The largest absolute Gasteiger partial charge is 0.392 e. The van der Waals surface area contributed by atoms with Crippen LogP contribution in [0.25, 0.3) is 0 Å². The highest BCUT2D eigenvalue weighted by molar-refractivity contribution is 5.25. The van der Waals surface area contributed by atoms with E-state index < -0.39 is 12.1 Å². The van der Waals surface area contributed by atoms with E-state index in [0.717, 1.165) is 6.42 Å². The van der Waals surface area contributed by atoms with Crippen molar-refractivity contribution in [1.82, 2.24) is 0 Å². The first-order chi connectivity index (χ1) is 3.96. The van der Waals surface area contributed by atoms with Gasteiger partial charge in [0.2, 0.25) is 0 Å². The molecule has 2 saturated carbocycles. The van der Waals surface area contributed by atoms with Crippen LogP contribution in [-0.2, 0) is 0 Å². The molecule has 2 rings (SSSR count). The van der Waals surface area contributed by atoms with Crippen LogP contribution in [0.1, 0.15) is 13.3 Å². The molecule has 0 bridgehead atoms. The zero-order valence-corrected chi connectivity index (χ0v) is 5.00. The van der Waals surface area contributed by atoms with Gasteiger partial charge >= 0.3 is 6.18 Å². The standard InChI is InChI=1S/C6H7F3/c1-5-2-3(5)4(5)6(7,8)9/h3-4H,2H2,1H3. The monoisotopic (exact) mass is 136 g/mol. The molecule has 2 aliphatic rings. The molecule has 0 heterocycles. The van der Waals surface area contributed by atoms with Crippen LogP contribution in [0.15, 0.2) is 0 Å². The second-order valence-corrected chi connectivity index (χ2v) is 3.34. The molecule has 9 heavy (non-hydrogen) atoms. The van der Waals surface area contributed by atoms with Crippen LogP contribution in [0.5, 0.6) is 0 Å². The summed E-state index contributed by atoms with van der Waals surface area (Å²) in [6.45, 7) is 1.72. The van der Waals surface area contributed by atoms with E-state index in [-0.39, 0.29) is 11.3 Å². The van der Waals surface area contributed by atoms with Crippen molar-refractivity contribution in [3.8, 4) is 0 Å². The van der Waals surface area contributed by atoms with Gasteiger partial charge in [0.05, 0.1) is 5.92 Å². The van der Waals surface area contributed by atoms with Gasteiger partial charge in [-0.2, -0.15) is 13.2 Å². The SMILES string of the molecule is CC12CC1C2C(F)(F)F. The van der Waals surface area contributed by atoms with E-state index in [9.17, 15) is 13.2 Å². The molecule has 2 aliphatic carbocycles. The molecule has 0 radical (unpaired) electrons. The smallest absolute Gasteiger partial charge is 0.171 e. The molecule has 0 spiro atoms. The fourth-order valence-electron chi connectivity index (χ4n) is 1.76. The molecule has 3 heteroatoms. The minimum atomic E-state index is -3.91. The Labute approximate surface area is 51.0 Å². The van der Waals surface area contributed by atoms with Gasteiger partial charge in [0.1, 0.15) is 0 Å². The Morgan fingerprint density at radius 3 is 1.89 bits per heavy atom. The van der Waals surface area contributed by atoms with Crippen LogP contribution in [-0.4, -0.2) is 6.18 Å². The van der Waals surface area contributed by atoms with Crippen molar-refractivity contribution in [2.24, 2.45) is 17.3 Å². The summed E-state index contributed by atoms with van der Waals surface area (Å²) in [5, 5.41) is 0. The first kappa shape index (κ1) is 5.57. The minimum absolute atomic E-state index is 0.00231. The third-order valence-corrected chi connectivity index (χ3v) is 2.70.